The predicted molar refractivity (Wildman–Crippen MR) is 103 cm³/mol. The van der Waals surface area contributed by atoms with Crippen LogP contribution in [0.2, 0.25) is 0 Å². The summed E-state index contributed by atoms with van der Waals surface area (Å²) in [5.41, 5.74) is 5.22. The Morgan fingerprint density at radius 2 is 1.72 bits per heavy atom. The average Bonchev–Trinajstić information content (AvgIpc) is 2.59. The Labute approximate surface area is 154 Å². The van der Waals surface area contributed by atoms with E-state index in [9.17, 15) is 4.79 Å². The van der Waals surface area contributed by atoms with Crippen molar-refractivity contribution in [3.8, 4) is 0 Å². The molecule has 0 aromatic heterocycles. The molecule has 1 aromatic rings. The van der Waals surface area contributed by atoms with E-state index in [1.165, 1.54) is 6.42 Å². The van der Waals surface area contributed by atoms with Gasteiger partial charge in [-0.2, -0.15) is 10.2 Å². The highest BCUT2D eigenvalue weighted by Crippen LogP contribution is 2.30. The molecule has 1 fully saturated rings. The molecule has 0 aliphatic heterocycles. The number of hydrogen-bond acceptors (Lipinski definition) is 4. The fraction of sp³-hybridized carbons (Fsp3) is 0.556. The van der Waals surface area contributed by atoms with Crippen LogP contribution >= 0.6 is 12.2 Å². The third-order valence-electron chi connectivity index (χ3n) is 3.89. The summed E-state index contributed by atoms with van der Waals surface area (Å²) in [5.74, 6) is -0.237. The lowest BCUT2D eigenvalue weighted by Crippen LogP contribution is -2.55. The predicted octanol–water partition coefficient (Wildman–Crippen LogP) is 3.71. The van der Waals surface area contributed by atoms with Crippen molar-refractivity contribution < 1.29 is 4.79 Å². The number of nitrogens with zero attached hydrogens (tertiary/aromatic N) is 2. The van der Waals surface area contributed by atoms with Crippen LogP contribution in [0, 0.1) is 0 Å². The first kappa shape index (κ1) is 19.3. The third kappa shape index (κ3) is 6.42. The van der Waals surface area contributed by atoms with Crippen LogP contribution in [0.1, 0.15) is 63.2 Å². The molecule has 7 heteroatoms. The molecule has 0 atom stereocenters. The monoisotopic (exact) mass is 361 g/mol. The summed E-state index contributed by atoms with van der Waals surface area (Å²) < 4.78 is 0. The zero-order valence-electron chi connectivity index (χ0n) is 15.1. The van der Waals surface area contributed by atoms with E-state index in [0.717, 1.165) is 25.7 Å². The summed E-state index contributed by atoms with van der Waals surface area (Å²) in [6.07, 6.45) is 5.10. The second-order valence-electron chi connectivity index (χ2n) is 7.36. The van der Waals surface area contributed by atoms with Gasteiger partial charge in [-0.25, -0.2) is 0 Å². The number of hydrazine groups is 1. The van der Waals surface area contributed by atoms with Crippen molar-refractivity contribution in [3.05, 3.63) is 35.9 Å². The van der Waals surface area contributed by atoms with Crippen molar-refractivity contribution in [2.75, 3.05) is 0 Å². The molecule has 1 saturated carbocycles. The second-order valence-corrected chi connectivity index (χ2v) is 7.77. The summed E-state index contributed by atoms with van der Waals surface area (Å²) in [6.45, 7) is 6.05. The van der Waals surface area contributed by atoms with Crippen LogP contribution in [0.25, 0.3) is 0 Å². The van der Waals surface area contributed by atoms with E-state index in [4.69, 9.17) is 12.2 Å². The molecular formula is C18H27N5OS. The number of rotatable bonds is 3. The molecule has 2 rings (SSSR count). The van der Waals surface area contributed by atoms with Crippen LogP contribution in [0.5, 0.6) is 0 Å². The number of carbonyl (C=O) groups excluding carboxylic acids is 1. The number of thiocarbonyl (C=S) groups is 1. The largest absolute Gasteiger partial charge is 0.336 e. The fourth-order valence-electron chi connectivity index (χ4n) is 2.65. The molecule has 1 aliphatic carbocycles. The lowest BCUT2D eigenvalue weighted by molar-refractivity contribution is 0.0943. The van der Waals surface area contributed by atoms with Crippen molar-refractivity contribution in [1.29, 1.82) is 0 Å². The van der Waals surface area contributed by atoms with Gasteiger partial charge in [-0.05, 0) is 70.8 Å². The van der Waals surface area contributed by atoms with Crippen LogP contribution in [0.4, 0.5) is 0 Å². The molecule has 0 radical (unpaired) electrons. The first-order valence-electron chi connectivity index (χ1n) is 8.67. The normalized spacial score (nSPS) is 17.1. The number of nitrogens with one attached hydrogen (secondary N) is 3. The quantitative estimate of drug-likeness (QED) is 0.436. The van der Waals surface area contributed by atoms with Gasteiger partial charge in [-0.1, -0.05) is 24.6 Å². The van der Waals surface area contributed by atoms with E-state index in [2.05, 4.69) is 26.4 Å². The standard InChI is InChI=1S/C18H27N5OS/c1-17(2,3)22-23-18(12-8-5-9-13-18)19-16(25)21-20-15(24)14-10-6-4-7-11-14/h4,6-7,10-11H,5,8-9,12-13H2,1-3H3,(H,20,24)(H2,19,21,25). The maximum atomic E-state index is 12.1. The number of hydrogen-bond donors (Lipinski definition) is 3. The molecule has 6 nitrogen and oxygen atoms in total. The molecule has 0 saturated heterocycles. The van der Waals surface area contributed by atoms with Crippen LogP contribution in [-0.2, 0) is 0 Å². The molecule has 1 aromatic carbocycles. The molecule has 0 bridgehead atoms. The molecule has 1 aliphatic rings. The minimum absolute atomic E-state index is 0.233. The third-order valence-corrected chi connectivity index (χ3v) is 4.10. The van der Waals surface area contributed by atoms with Crippen LogP contribution in [0.3, 0.4) is 0 Å². The van der Waals surface area contributed by atoms with E-state index < -0.39 is 5.66 Å². The number of carbonyl (C=O) groups is 1. The molecule has 0 unspecified atom stereocenters. The average molecular weight is 362 g/mol. The van der Waals surface area contributed by atoms with Gasteiger partial charge < -0.3 is 5.32 Å². The molecule has 3 N–H and O–H groups in total. The summed E-state index contributed by atoms with van der Waals surface area (Å²) in [7, 11) is 0. The highest BCUT2D eigenvalue weighted by molar-refractivity contribution is 7.80. The smallest absolute Gasteiger partial charge is 0.269 e. The van der Waals surface area contributed by atoms with E-state index in [1.54, 1.807) is 12.1 Å². The Bertz CT molecular complexity index is 618. The molecule has 25 heavy (non-hydrogen) atoms. The van der Waals surface area contributed by atoms with Gasteiger partial charge >= 0.3 is 0 Å². The Morgan fingerprint density at radius 3 is 2.32 bits per heavy atom. The van der Waals surface area contributed by atoms with Crippen molar-refractivity contribution in [1.82, 2.24) is 16.2 Å². The molecular weight excluding hydrogens is 334 g/mol. The molecule has 0 spiro atoms. The van der Waals surface area contributed by atoms with Gasteiger partial charge in [0.15, 0.2) is 10.8 Å². The maximum Gasteiger partial charge on any atom is 0.269 e. The van der Waals surface area contributed by atoms with Crippen molar-refractivity contribution in [3.63, 3.8) is 0 Å². The number of benzene rings is 1. The minimum Gasteiger partial charge on any atom is -0.336 e. The fourth-order valence-corrected chi connectivity index (χ4v) is 2.89. The Morgan fingerprint density at radius 1 is 1.08 bits per heavy atom. The van der Waals surface area contributed by atoms with Gasteiger partial charge in [-0.3, -0.25) is 15.6 Å². The summed E-state index contributed by atoms with van der Waals surface area (Å²) in [4.78, 5) is 12.1. The second kappa shape index (κ2) is 8.38. The van der Waals surface area contributed by atoms with Gasteiger partial charge in [0.25, 0.3) is 5.91 Å². The summed E-state index contributed by atoms with van der Waals surface area (Å²) in [6, 6.07) is 8.98. The SMILES string of the molecule is CC(C)(C)N=NC1(NC(=S)NNC(=O)c2ccccc2)CCCCC1. The first-order valence-corrected chi connectivity index (χ1v) is 9.08. The lowest BCUT2D eigenvalue weighted by Gasteiger charge is -2.35. The topological polar surface area (TPSA) is 77.9 Å². The molecule has 0 heterocycles. The maximum absolute atomic E-state index is 12.1. The Balaban J connectivity index is 1.95. The van der Waals surface area contributed by atoms with Crippen molar-refractivity contribution in [2.24, 2.45) is 10.2 Å². The van der Waals surface area contributed by atoms with Crippen LogP contribution < -0.4 is 16.2 Å². The molecule has 1 amide bonds. The van der Waals surface area contributed by atoms with Gasteiger partial charge in [0, 0.05) is 5.56 Å². The zero-order chi connectivity index (χ0) is 18.3. The first-order chi connectivity index (χ1) is 11.8. The van der Waals surface area contributed by atoms with Gasteiger partial charge in [-0.15, -0.1) is 0 Å². The highest BCUT2D eigenvalue weighted by atomic mass is 32.1. The Kier molecular flexibility index (Phi) is 6.47. The lowest BCUT2D eigenvalue weighted by atomic mass is 9.90. The minimum atomic E-state index is -0.493. The van der Waals surface area contributed by atoms with Crippen molar-refractivity contribution >= 4 is 23.2 Å². The number of amides is 1. The zero-order valence-corrected chi connectivity index (χ0v) is 15.9. The van der Waals surface area contributed by atoms with Gasteiger partial charge in [0.05, 0.1) is 5.54 Å². The van der Waals surface area contributed by atoms with Crippen LogP contribution in [0.15, 0.2) is 40.6 Å². The van der Waals surface area contributed by atoms with Gasteiger partial charge in [0.1, 0.15) is 0 Å². The molecule has 136 valence electrons. The van der Waals surface area contributed by atoms with E-state index in [0.29, 0.717) is 10.7 Å². The van der Waals surface area contributed by atoms with Crippen molar-refractivity contribution in [2.45, 2.75) is 64.1 Å². The van der Waals surface area contributed by atoms with Gasteiger partial charge in [0.2, 0.25) is 0 Å². The van der Waals surface area contributed by atoms with E-state index in [-0.39, 0.29) is 11.4 Å². The van der Waals surface area contributed by atoms with E-state index >= 15 is 0 Å². The van der Waals surface area contributed by atoms with E-state index in [1.807, 2.05) is 39.0 Å². The summed E-state index contributed by atoms with van der Waals surface area (Å²) in [5, 5.41) is 12.6. The Hall–Kier alpha value is -2.02. The van der Waals surface area contributed by atoms with Crippen LogP contribution in [-0.4, -0.2) is 22.2 Å². The summed E-state index contributed by atoms with van der Waals surface area (Å²) >= 11 is 5.34. The highest BCUT2D eigenvalue weighted by Gasteiger charge is 2.33. The number of azo groups is 1.